The third-order valence-corrected chi connectivity index (χ3v) is 3.04. The number of nitrogens with zero attached hydrogens (tertiary/aromatic N) is 2. The van der Waals surface area contributed by atoms with Gasteiger partial charge in [0.05, 0.1) is 12.6 Å². The summed E-state index contributed by atoms with van der Waals surface area (Å²) in [5.41, 5.74) is 2.29. The van der Waals surface area contributed by atoms with Crippen LogP contribution in [-0.4, -0.2) is 34.6 Å². The lowest BCUT2D eigenvalue weighted by atomic mass is 10.1. The number of oxazole rings is 1. The van der Waals surface area contributed by atoms with Crippen molar-refractivity contribution in [1.29, 1.82) is 0 Å². The Bertz CT molecular complexity index is 577. The van der Waals surface area contributed by atoms with Crippen molar-refractivity contribution in [3.05, 3.63) is 29.7 Å². The number of rotatable bonds is 3. The molecule has 5 heteroatoms. The van der Waals surface area contributed by atoms with Crippen molar-refractivity contribution in [3.8, 4) is 0 Å². The van der Waals surface area contributed by atoms with Crippen molar-refractivity contribution in [2.24, 2.45) is 0 Å². The van der Waals surface area contributed by atoms with Gasteiger partial charge in [-0.25, -0.2) is 4.98 Å². The Labute approximate surface area is 105 Å². The fourth-order valence-corrected chi connectivity index (χ4v) is 1.94. The molecular formula is C13H16N2O3. The van der Waals surface area contributed by atoms with Crippen molar-refractivity contribution in [2.75, 3.05) is 13.7 Å². The molecule has 5 nitrogen and oxygen atoms in total. The number of carbonyl (C=O) groups is 1. The van der Waals surface area contributed by atoms with Crippen LogP contribution in [0.1, 0.15) is 24.4 Å². The van der Waals surface area contributed by atoms with Crippen molar-refractivity contribution in [1.82, 2.24) is 9.88 Å². The Morgan fingerprint density at radius 3 is 2.89 bits per heavy atom. The first-order valence-corrected chi connectivity index (χ1v) is 5.74. The van der Waals surface area contributed by atoms with Crippen LogP contribution in [0, 0.1) is 6.92 Å². The van der Waals surface area contributed by atoms with Gasteiger partial charge >= 0.3 is 0 Å². The third kappa shape index (κ3) is 2.22. The highest BCUT2D eigenvalue weighted by atomic mass is 16.3. The minimum Gasteiger partial charge on any atom is -0.441 e. The standard InChI is InChI=1S/C13H16N2O3/c1-8-14-11-6-10(4-5-13(11)18-8)12(7-16)15(3)9(2)17/h4-6,12,16H,7H2,1-3H3. The molecule has 2 aromatic rings. The third-order valence-electron chi connectivity index (χ3n) is 3.04. The number of aryl methyl sites for hydroxylation is 1. The molecule has 0 saturated heterocycles. The highest BCUT2D eigenvalue weighted by molar-refractivity contribution is 5.75. The fraction of sp³-hybridized carbons (Fsp3) is 0.385. The first kappa shape index (κ1) is 12.6. The summed E-state index contributed by atoms with van der Waals surface area (Å²) in [6, 6.07) is 5.13. The molecule has 1 unspecified atom stereocenters. The summed E-state index contributed by atoms with van der Waals surface area (Å²) in [7, 11) is 1.67. The van der Waals surface area contributed by atoms with E-state index in [2.05, 4.69) is 4.98 Å². The van der Waals surface area contributed by atoms with E-state index >= 15 is 0 Å². The second kappa shape index (κ2) is 4.78. The van der Waals surface area contributed by atoms with Gasteiger partial charge in [-0.2, -0.15) is 0 Å². The van der Waals surface area contributed by atoms with Crippen LogP contribution in [0.15, 0.2) is 22.6 Å². The van der Waals surface area contributed by atoms with Gasteiger partial charge < -0.3 is 14.4 Å². The smallest absolute Gasteiger partial charge is 0.219 e. The zero-order valence-corrected chi connectivity index (χ0v) is 10.7. The molecule has 1 aromatic carbocycles. The quantitative estimate of drug-likeness (QED) is 0.896. The van der Waals surface area contributed by atoms with E-state index in [1.807, 2.05) is 12.1 Å². The summed E-state index contributed by atoms with van der Waals surface area (Å²) in [6.45, 7) is 3.13. The Kier molecular flexibility index (Phi) is 3.34. The molecule has 1 N–H and O–H groups in total. The Hall–Kier alpha value is -1.88. The summed E-state index contributed by atoms with van der Waals surface area (Å²) in [6.07, 6.45) is 0. The number of benzene rings is 1. The maximum atomic E-state index is 11.4. The van der Waals surface area contributed by atoms with Crippen molar-refractivity contribution in [3.63, 3.8) is 0 Å². The van der Waals surface area contributed by atoms with Crippen molar-refractivity contribution in [2.45, 2.75) is 19.9 Å². The molecule has 1 atom stereocenters. The van der Waals surface area contributed by atoms with Gasteiger partial charge in [0.2, 0.25) is 5.91 Å². The van der Waals surface area contributed by atoms with Gasteiger partial charge in [-0.3, -0.25) is 4.79 Å². The predicted octanol–water partition coefficient (Wildman–Crippen LogP) is 1.65. The number of carbonyl (C=O) groups excluding carboxylic acids is 1. The maximum Gasteiger partial charge on any atom is 0.219 e. The largest absolute Gasteiger partial charge is 0.441 e. The lowest BCUT2D eigenvalue weighted by Gasteiger charge is -2.25. The number of amides is 1. The molecule has 18 heavy (non-hydrogen) atoms. The molecule has 0 spiro atoms. The van der Waals surface area contributed by atoms with Crippen LogP contribution < -0.4 is 0 Å². The first-order valence-electron chi connectivity index (χ1n) is 5.74. The second-order valence-electron chi connectivity index (χ2n) is 4.29. The average molecular weight is 248 g/mol. The van der Waals surface area contributed by atoms with E-state index in [9.17, 15) is 9.90 Å². The summed E-state index contributed by atoms with van der Waals surface area (Å²) >= 11 is 0. The minimum absolute atomic E-state index is 0.0921. The van der Waals surface area contributed by atoms with Gasteiger partial charge in [0, 0.05) is 20.9 Å². The summed E-state index contributed by atoms with van der Waals surface area (Å²) in [5, 5.41) is 9.44. The van der Waals surface area contributed by atoms with E-state index in [-0.39, 0.29) is 18.6 Å². The molecule has 0 aliphatic heterocycles. The number of fused-ring (bicyclic) bond motifs is 1. The Balaban J connectivity index is 2.41. The van der Waals surface area contributed by atoms with Crippen LogP contribution >= 0.6 is 0 Å². The minimum atomic E-state index is -0.357. The van der Waals surface area contributed by atoms with Crippen molar-refractivity contribution < 1.29 is 14.3 Å². The average Bonchev–Trinajstić information content (AvgIpc) is 2.69. The molecule has 0 bridgehead atoms. The molecule has 0 aliphatic rings. The summed E-state index contributed by atoms with van der Waals surface area (Å²) < 4.78 is 5.39. The number of hydrogen-bond donors (Lipinski definition) is 1. The van der Waals surface area contributed by atoms with Gasteiger partial charge in [0.25, 0.3) is 0 Å². The molecule has 1 aromatic heterocycles. The lowest BCUT2D eigenvalue weighted by molar-refractivity contribution is -0.130. The molecule has 96 valence electrons. The van der Waals surface area contributed by atoms with Gasteiger partial charge in [0.1, 0.15) is 5.52 Å². The molecule has 0 aliphatic carbocycles. The van der Waals surface area contributed by atoms with E-state index < -0.39 is 0 Å². The summed E-state index contributed by atoms with van der Waals surface area (Å²) in [4.78, 5) is 17.1. The number of aliphatic hydroxyl groups is 1. The SMILES string of the molecule is CC(=O)N(C)C(CO)c1ccc2oc(C)nc2c1. The number of likely N-dealkylation sites (N-methyl/N-ethyl adjacent to an activating group) is 1. The van der Waals surface area contributed by atoms with E-state index in [4.69, 9.17) is 4.42 Å². The van der Waals surface area contributed by atoms with Crippen LogP contribution in [0.4, 0.5) is 0 Å². The zero-order chi connectivity index (χ0) is 13.3. The molecule has 1 heterocycles. The molecular weight excluding hydrogens is 232 g/mol. The topological polar surface area (TPSA) is 66.6 Å². The van der Waals surface area contributed by atoms with E-state index in [1.54, 1.807) is 20.0 Å². The molecule has 1 amide bonds. The highest BCUT2D eigenvalue weighted by Gasteiger charge is 2.19. The zero-order valence-electron chi connectivity index (χ0n) is 10.7. The van der Waals surface area contributed by atoms with E-state index in [0.717, 1.165) is 11.1 Å². The fourth-order valence-electron chi connectivity index (χ4n) is 1.94. The van der Waals surface area contributed by atoms with Crippen LogP contribution in [0.5, 0.6) is 0 Å². The maximum absolute atomic E-state index is 11.4. The Morgan fingerprint density at radius 1 is 1.56 bits per heavy atom. The predicted molar refractivity (Wildman–Crippen MR) is 67.0 cm³/mol. The number of hydrogen-bond acceptors (Lipinski definition) is 4. The first-order chi connectivity index (χ1) is 8.52. The normalized spacial score (nSPS) is 12.7. The van der Waals surface area contributed by atoms with Gasteiger partial charge in [0.15, 0.2) is 11.5 Å². The van der Waals surface area contributed by atoms with Gasteiger partial charge in [-0.1, -0.05) is 6.07 Å². The lowest BCUT2D eigenvalue weighted by Crippen LogP contribution is -2.31. The van der Waals surface area contributed by atoms with E-state index in [1.165, 1.54) is 11.8 Å². The molecule has 0 saturated carbocycles. The van der Waals surface area contributed by atoms with Crippen molar-refractivity contribution >= 4 is 17.0 Å². The van der Waals surface area contributed by atoms with E-state index in [0.29, 0.717) is 11.5 Å². The second-order valence-corrected chi connectivity index (χ2v) is 4.29. The highest BCUT2D eigenvalue weighted by Crippen LogP contribution is 2.24. The van der Waals surface area contributed by atoms with Crippen LogP contribution in [-0.2, 0) is 4.79 Å². The van der Waals surface area contributed by atoms with Crippen LogP contribution in [0.3, 0.4) is 0 Å². The number of aromatic nitrogens is 1. The van der Waals surface area contributed by atoms with Gasteiger partial charge in [-0.05, 0) is 17.7 Å². The van der Waals surface area contributed by atoms with Crippen LogP contribution in [0.2, 0.25) is 0 Å². The summed E-state index contributed by atoms with van der Waals surface area (Å²) in [5.74, 6) is 0.508. The van der Waals surface area contributed by atoms with Gasteiger partial charge in [-0.15, -0.1) is 0 Å². The Morgan fingerprint density at radius 2 is 2.28 bits per heavy atom. The molecule has 0 radical (unpaired) electrons. The van der Waals surface area contributed by atoms with Crippen LogP contribution in [0.25, 0.3) is 11.1 Å². The molecule has 0 fully saturated rings. The number of aliphatic hydroxyl groups excluding tert-OH is 1. The monoisotopic (exact) mass is 248 g/mol. The molecule has 2 rings (SSSR count).